The number of anilines is 2. The highest BCUT2D eigenvalue weighted by Crippen LogP contribution is 2.27. The zero-order chi connectivity index (χ0) is 18.5. The summed E-state index contributed by atoms with van der Waals surface area (Å²) in [6.45, 7) is 0.291. The molecule has 0 atom stereocenters. The summed E-state index contributed by atoms with van der Waals surface area (Å²) in [7, 11) is 0. The molecule has 0 fully saturated rings. The molecule has 0 unspecified atom stereocenters. The minimum absolute atomic E-state index is 0.0563. The van der Waals surface area contributed by atoms with Crippen LogP contribution in [0.25, 0.3) is 0 Å². The van der Waals surface area contributed by atoms with Crippen LogP contribution in [-0.2, 0) is 6.54 Å². The van der Waals surface area contributed by atoms with Crippen LogP contribution in [-0.4, -0.2) is 17.0 Å². The topological polar surface area (TPSA) is 91.6 Å². The zero-order valence-corrected chi connectivity index (χ0v) is 14.3. The van der Waals surface area contributed by atoms with Crippen molar-refractivity contribution in [2.75, 3.05) is 10.6 Å². The number of furan rings is 1. The normalized spacial score (nSPS) is 10.3. The van der Waals surface area contributed by atoms with Gasteiger partial charge in [0.05, 0.1) is 34.6 Å². The van der Waals surface area contributed by atoms with Gasteiger partial charge < -0.3 is 20.2 Å². The molecule has 7 heteroatoms. The number of carboxylic acid groups (broad SMARTS) is 1. The molecule has 1 amide bonds. The Kier molecular flexibility index (Phi) is 5.24. The van der Waals surface area contributed by atoms with Crippen LogP contribution in [0.5, 0.6) is 0 Å². The van der Waals surface area contributed by atoms with Crippen molar-refractivity contribution in [3.8, 4) is 0 Å². The van der Waals surface area contributed by atoms with Gasteiger partial charge in [-0.15, -0.1) is 0 Å². The molecule has 6 nitrogen and oxygen atoms in total. The van der Waals surface area contributed by atoms with Crippen LogP contribution in [0.4, 0.5) is 11.4 Å². The lowest BCUT2D eigenvalue weighted by molar-refractivity contribution is 0.0698. The van der Waals surface area contributed by atoms with Crippen LogP contribution in [0.3, 0.4) is 0 Å². The number of halogens is 1. The standard InChI is InChI=1S/C19H15ClN2O4/c20-16-10-17(21-11-13-7-4-8-26-13)15(19(24)25)9-14(16)18(23)22-12-5-2-1-3-6-12/h1-10,21H,11H2,(H,22,23)(H,24,25). The van der Waals surface area contributed by atoms with Gasteiger partial charge in [0.1, 0.15) is 5.76 Å². The minimum Gasteiger partial charge on any atom is -0.478 e. The number of carboxylic acids is 1. The quantitative estimate of drug-likeness (QED) is 0.594. The second-order valence-electron chi connectivity index (χ2n) is 5.44. The first-order chi connectivity index (χ1) is 12.5. The van der Waals surface area contributed by atoms with E-state index in [1.54, 1.807) is 36.4 Å². The molecule has 132 valence electrons. The van der Waals surface area contributed by atoms with Crippen molar-refractivity contribution in [2.45, 2.75) is 6.54 Å². The molecule has 0 spiro atoms. The van der Waals surface area contributed by atoms with Crippen molar-refractivity contribution in [3.63, 3.8) is 0 Å². The number of hydrogen-bond donors (Lipinski definition) is 3. The van der Waals surface area contributed by atoms with Crippen molar-refractivity contribution < 1.29 is 19.1 Å². The Morgan fingerprint density at radius 3 is 2.46 bits per heavy atom. The predicted molar refractivity (Wildman–Crippen MR) is 98.8 cm³/mol. The van der Waals surface area contributed by atoms with Gasteiger partial charge in [-0.2, -0.15) is 0 Å². The first kappa shape index (κ1) is 17.6. The smallest absolute Gasteiger partial charge is 0.337 e. The molecule has 0 saturated heterocycles. The molecular weight excluding hydrogens is 356 g/mol. The molecule has 1 aromatic heterocycles. The largest absolute Gasteiger partial charge is 0.478 e. The summed E-state index contributed by atoms with van der Waals surface area (Å²) in [5.41, 5.74) is 0.913. The van der Waals surface area contributed by atoms with E-state index in [0.717, 1.165) is 0 Å². The highest BCUT2D eigenvalue weighted by Gasteiger charge is 2.19. The second kappa shape index (κ2) is 7.76. The number of para-hydroxylation sites is 1. The number of carbonyl (C=O) groups is 2. The monoisotopic (exact) mass is 370 g/mol. The lowest BCUT2D eigenvalue weighted by atomic mass is 10.1. The average molecular weight is 371 g/mol. The second-order valence-corrected chi connectivity index (χ2v) is 5.84. The van der Waals surface area contributed by atoms with Crippen molar-refractivity contribution >= 4 is 34.9 Å². The van der Waals surface area contributed by atoms with Gasteiger partial charge >= 0.3 is 5.97 Å². The Bertz CT molecular complexity index is 924. The fourth-order valence-corrected chi connectivity index (χ4v) is 2.64. The third-order valence-electron chi connectivity index (χ3n) is 3.65. The van der Waals surface area contributed by atoms with E-state index in [1.807, 2.05) is 6.07 Å². The molecular formula is C19H15ClN2O4. The van der Waals surface area contributed by atoms with Crippen molar-refractivity contribution in [1.82, 2.24) is 0 Å². The summed E-state index contributed by atoms with van der Waals surface area (Å²) >= 11 is 6.21. The minimum atomic E-state index is -1.17. The van der Waals surface area contributed by atoms with Crippen molar-refractivity contribution in [1.29, 1.82) is 0 Å². The van der Waals surface area contributed by atoms with E-state index in [-0.39, 0.29) is 16.1 Å². The van der Waals surface area contributed by atoms with E-state index in [0.29, 0.717) is 23.7 Å². The maximum atomic E-state index is 12.4. The van der Waals surface area contributed by atoms with E-state index in [9.17, 15) is 14.7 Å². The summed E-state index contributed by atoms with van der Waals surface area (Å²) in [6.07, 6.45) is 1.53. The Morgan fingerprint density at radius 1 is 1.04 bits per heavy atom. The van der Waals surface area contributed by atoms with Crippen molar-refractivity contribution in [2.24, 2.45) is 0 Å². The van der Waals surface area contributed by atoms with Crippen LogP contribution in [0.15, 0.2) is 65.3 Å². The first-order valence-corrected chi connectivity index (χ1v) is 8.12. The van der Waals surface area contributed by atoms with Gasteiger partial charge in [-0.1, -0.05) is 29.8 Å². The van der Waals surface area contributed by atoms with Gasteiger partial charge in [0.2, 0.25) is 0 Å². The zero-order valence-electron chi connectivity index (χ0n) is 13.5. The molecule has 0 aliphatic carbocycles. The number of amides is 1. The van der Waals surface area contributed by atoms with Gasteiger partial charge in [-0.05, 0) is 36.4 Å². The van der Waals surface area contributed by atoms with Gasteiger partial charge in [-0.3, -0.25) is 4.79 Å². The third-order valence-corrected chi connectivity index (χ3v) is 3.96. The maximum Gasteiger partial charge on any atom is 0.337 e. The molecule has 1 heterocycles. The molecule has 2 aromatic carbocycles. The Labute approximate surface area is 154 Å². The molecule has 0 radical (unpaired) electrons. The van der Waals surface area contributed by atoms with Crippen molar-refractivity contribution in [3.05, 3.63) is 82.8 Å². The van der Waals surface area contributed by atoms with E-state index in [2.05, 4.69) is 10.6 Å². The Balaban J connectivity index is 1.86. The number of carbonyl (C=O) groups excluding carboxylic acids is 1. The average Bonchev–Trinajstić information content (AvgIpc) is 3.14. The summed E-state index contributed by atoms with van der Waals surface area (Å²) < 4.78 is 5.21. The van der Waals surface area contributed by atoms with Gasteiger partial charge in [0, 0.05) is 5.69 Å². The molecule has 0 bridgehead atoms. The third kappa shape index (κ3) is 4.04. The lowest BCUT2D eigenvalue weighted by Crippen LogP contribution is -2.15. The number of benzene rings is 2. The highest BCUT2D eigenvalue weighted by molar-refractivity contribution is 6.35. The van der Waals surface area contributed by atoms with Crippen LogP contribution in [0.1, 0.15) is 26.5 Å². The van der Waals surface area contributed by atoms with Crippen LogP contribution in [0.2, 0.25) is 5.02 Å². The number of hydrogen-bond acceptors (Lipinski definition) is 4. The van der Waals surface area contributed by atoms with Gasteiger partial charge in [0.25, 0.3) is 5.91 Å². The first-order valence-electron chi connectivity index (χ1n) is 7.74. The molecule has 0 aliphatic rings. The van der Waals surface area contributed by atoms with E-state index in [1.165, 1.54) is 18.4 Å². The number of nitrogens with one attached hydrogen (secondary N) is 2. The van der Waals surface area contributed by atoms with E-state index < -0.39 is 11.9 Å². The van der Waals surface area contributed by atoms with Crippen LogP contribution in [0, 0.1) is 0 Å². The van der Waals surface area contributed by atoms with Gasteiger partial charge in [-0.25, -0.2) is 4.79 Å². The summed E-state index contributed by atoms with van der Waals surface area (Å²) in [5.74, 6) is -1.01. The number of rotatable bonds is 6. The Morgan fingerprint density at radius 2 is 1.81 bits per heavy atom. The summed E-state index contributed by atoms with van der Waals surface area (Å²) in [4.78, 5) is 24.0. The fraction of sp³-hybridized carbons (Fsp3) is 0.0526. The molecule has 26 heavy (non-hydrogen) atoms. The summed E-state index contributed by atoms with van der Waals surface area (Å²) in [5, 5.41) is 15.3. The molecule has 3 N–H and O–H groups in total. The molecule has 0 saturated carbocycles. The SMILES string of the molecule is O=C(Nc1ccccc1)c1cc(C(=O)O)c(NCc2ccco2)cc1Cl. The van der Waals surface area contributed by atoms with E-state index in [4.69, 9.17) is 16.0 Å². The van der Waals surface area contributed by atoms with Gasteiger partial charge in [0.15, 0.2) is 0 Å². The van der Waals surface area contributed by atoms with Crippen LogP contribution >= 0.6 is 11.6 Å². The maximum absolute atomic E-state index is 12.4. The molecule has 0 aliphatic heterocycles. The number of aromatic carboxylic acids is 1. The van der Waals surface area contributed by atoms with E-state index >= 15 is 0 Å². The lowest BCUT2D eigenvalue weighted by Gasteiger charge is -2.13. The highest BCUT2D eigenvalue weighted by atomic mass is 35.5. The Hall–Kier alpha value is -3.25. The predicted octanol–water partition coefficient (Wildman–Crippen LogP) is 4.50. The molecule has 3 aromatic rings. The fourth-order valence-electron chi connectivity index (χ4n) is 2.39. The summed E-state index contributed by atoms with van der Waals surface area (Å²) in [6, 6.07) is 15.0. The van der Waals surface area contributed by atoms with Crippen LogP contribution < -0.4 is 10.6 Å². The molecule has 3 rings (SSSR count).